The van der Waals surface area contributed by atoms with E-state index in [1.165, 1.54) is 6.07 Å². The molecule has 1 aromatic rings. The van der Waals surface area contributed by atoms with Gasteiger partial charge in [-0.1, -0.05) is 11.6 Å². The van der Waals surface area contributed by atoms with E-state index in [9.17, 15) is 5.11 Å². The third-order valence-electron chi connectivity index (χ3n) is 1.65. The molecule has 1 rings (SSSR count). The summed E-state index contributed by atoms with van der Waals surface area (Å²) < 4.78 is 0. The van der Waals surface area contributed by atoms with Crippen LogP contribution in [0.1, 0.15) is 5.56 Å². The minimum absolute atomic E-state index is 0.0717. The van der Waals surface area contributed by atoms with Crippen LogP contribution in [0.3, 0.4) is 0 Å². The summed E-state index contributed by atoms with van der Waals surface area (Å²) in [5.41, 5.74) is 6.43. The maximum Gasteiger partial charge on any atom is 0.144 e. The van der Waals surface area contributed by atoms with Crippen LogP contribution < -0.4 is 5.73 Å². The number of nitrogens with zero attached hydrogens (tertiary/aromatic N) is 1. The lowest BCUT2D eigenvalue weighted by atomic mass is 10.2. The van der Waals surface area contributed by atoms with E-state index in [4.69, 9.17) is 28.9 Å². The maximum absolute atomic E-state index is 9.60. The second-order valence-corrected chi connectivity index (χ2v) is 3.53. The molecule has 14 heavy (non-hydrogen) atoms. The molecule has 0 saturated heterocycles. The normalized spacial score (nSPS) is 11.8. The highest BCUT2D eigenvalue weighted by Crippen LogP contribution is 2.33. The van der Waals surface area contributed by atoms with Crippen LogP contribution in [0.2, 0.25) is 5.02 Å². The van der Waals surface area contributed by atoms with Crippen molar-refractivity contribution in [2.75, 3.05) is 5.88 Å². The minimum Gasteiger partial charge on any atom is -0.505 e. The highest BCUT2D eigenvalue weighted by atomic mass is 35.5. The molecule has 0 heterocycles. The molecule has 1 aromatic carbocycles. The molecule has 0 amide bonds. The van der Waals surface area contributed by atoms with Crippen molar-refractivity contribution in [1.82, 2.24) is 0 Å². The number of aryl methyl sites for hydroxylation is 1. The molecular formula is C9H10Cl2N2O. The lowest BCUT2D eigenvalue weighted by Crippen LogP contribution is -2.12. The van der Waals surface area contributed by atoms with Crippen LogP contribution in [-0.4, -0.2) is 16.8 Å². The summed E-state index contributed by atoms with van der Waals surface area (Å²) in [6.45, 7) is 1.73. The predicted octanol–water partition coefficient (Wildman–Crippen LogP) is 2.58. The predicted molar refractivity (Wildman–Crippen MR) is 59.9 cm³/mol. The molecule has 0 unspecified atom stereocenters. The molecule has 0 saturated carbocycles. The van der Waals surface area contributed by atoms with Gasteiger partial charge in [-0.25, -0.2) is 4.99 Å². The van der Waals surface area contributed by atoms with Crippen molar-refractivity contribution in [3.05, 3.63) is 22.7 Å². The zero-order chi connectivity index (χ0) is 10.7. The molecule has 0 aliphatic carbocycles. The quantitative estimate of drug-likeness (QED) is 0.468. The van der Waals surface area contributed by atoms with Crippen molar-refractivity contribution >= 4 is 34.7 Å². The van der Waals surface area contributed by atoms with E-state index < -0.39 is 0 Å². The van der Waals surface area contributed by atoms with Gasteiger partial charge in [0.1, 0.15) is 17.3 Å². The van der Waals surface area contributed by atoms with E-state index in [-0.39, 0.29) is 17.5 Å². The van der Waals surface area contributed by atoms with Crippen molar-refractivity contribution in [2.24, 2.45) is 10.7 Å². The van der Waals surface area contributed by atoms with Crippen LogP contribution in [0.4, 0.5) is 5.69 Å². The van der Waals surface area contributed by atoms with E-state index in [1.807, 2.05) is 0 Å². The molecule has 0 fully saturated rings. The number of alkyl halides is 1. The van der Waals surface area contributed by atoms with Gasteiger partial charge in [-0.15, -0.1) is 11.6 Å². The van der Waals surface area contributed by atoms with Crippen LogP contribution in [-0.2, 0) is 0 Å². The molecule has 0 atom stereocenters. The van der Waals surface area contributed by atoms with Crippen LogP contribution in [0.25, 0.3) is 0 Å². The number of hydrogen-bond donors (Lipinski definition) is 2. The first kappa shape index (κ1) is 11.1. The Morgan fingerprint density at radius 2 is 2.21 bits per heavy atom. The summed E-state index contributed by atoms with van der Waals surface area (Å²) in [5, 5.41) is 10.1. The van der Waals surface area contributed by atoms with Gasteiger partial charge < -0.3 is 10.8 Å². The first-order chi connectivity index (χ1) is 6.54. The number of nitrogens with two attached hydrogens (primary N) is 1. The zero-order valence-electron chi connectivity index (χ0n) is 7.59. The number of benzene rings is 1. The van der Waals surface area contributed by atoms with Crippen molar-refractivity contribution in [3.8, 4) is 5.75 Å². The van der Waals surface area contributed by atoms with Gasteiger partial charge in [-0.2, -0.15) is 0 Å². The molecular weight excluding hydrogens is 223 g/mol. The van der Waals surface area contributed by atoms with Gasteiger partial charge in [0, 0.05) is 5.02 Å². The summed E-state index contributed by atoms with van der Waals surface area (Å²) >= 11 is 11.3. The van der Waals surface area contributed by atoms with Crippen LogP contribution >= 0.6 is 23.2 Å². The highest BCUT2D eigenvalue weighted by Gasteiger charge is 2.05. The molecule has 0 spiro atoms. The maximum atomic E-state index is 9.60. The Labute approximate surface area is 92.2 Å². The molecule has 0 aromatic heterocycles. The van der Waals surface area contributed by atoms with E-state index in [1.54, 1.807) is 13.0 Å². The van der Waals surface area contributed by atoms with Crippen LogP contribution in [0, 0.1) is 6.92 Å². The van der Waals surface area contributed by atoms with Crippen LogP contribution in [0.5, 0.6) is 5.75 Å². The molecule has 0 bridgehead atoms. The fraction of sp³-hybridized carbons (Fsp3) is 0.222. The largest absolute Gasteiger partial charge is 0.505 e. The third-order valence-corrected chi connectivity index (χ3v) is 2.14. The van der Waals surface area contributed by atoms with Crippen molar-refractivity contribution in [1.29, 1.82) is 0 Å². The number of hydrogen-bond acceptors (Lipinski definition) is 2. The van der Waals surface area contributed by atoms with E-state index in [2.05, 4.69) is 4.99 Å². The molecule has 0 aliphatic heterocycles. The van der Waals surface area contributed by atoms with Gasteiger partial charge in [0.05, 0.1) is 5.88 Å². The van der Waals surface area contributed by atoms with Gasteiger partial charge in [0.15, 0.2) is 0 Å². The van der Waals surface area contributed by atoms with Crippen molar-refractivity contribution in [2.45, 2.75) is 6.92 Å². The third kappa shape index (κ3) is 2.53. The smallest absolute Gasteiger partial charge is 0.144 e. The fourth-order valence-electron chi connectivity index (χ4n) is 0.988. The van der Waals surface area contributed by atoms with Gasteiger partial charge in [0.25, 0.3) is 0 Å². The SMILES string of the molecule is Cc1cc(Cl)cc(N=C(N)CCl)c1O. The monoisotopic (exact) mass is 232 g/mol. The lowest BCUT2D eigenvalue weighted by Gasteiger charge is -2.04. The number of phenolic OH excluding ortho intramolecular Hbond substituents is 1. The number of rotatable bonds is 2. The van der Waals surface area contributed by atoms with Gasteiger partial charge in [0.2, 0.25) is 0 Å². The van der Waals surface area contributed by atoms with E-state index in [0.29, 0.717) is 16.3 Å². The molecule has 0 aliphatic rings. The second kappa shape index (κ2) is 4.53. The Bertz CT molecular complexity index is 377. The Kier molecular flexibility index (Phi) is 3.61. The molecule has 76 valence electrons. The summed E-state index contributed by atoms with van der Waals surface area (Å²) in [5.74, 6) is 0.427. The summed E-state index contributed by atoms with van der Waals surface area (Å²) in [4.78, 5) is 3.93. The Balaban J connectivity index is 3.21. The Morgan fingerprint density at radius 1 is 1.57 bits per heavy atom. The number of phenols is 1. The number of aromatic hydroxyl groups is 1. The molecule has 3 nitrogen and oxygen atoms in total. The zero-order valence-corrected chi connectivity index (χ0v) is 9.10. The lowest BCUT2D eigenvalue weighted by molar-refractivity contribution is 0.472. The van der Waals surface area contributed by atoms with Gasteiger partial charge in [-0.3, -0.25) is 0 Å². The van der Waals surface area contributed by atoms with Crippen LogP contribution in [0.15, 0.2) is 17.1 Å². The molecule has 3 N–H and O–H groups in total. The topological polar surface area (TPSA) is 58.6 Å². The van der Waals surface area contributed by atoms with Gasteiger partial charge in [-0.05, 0) is 24.6 Å². The average Bonchev–Trinajstić information content (AvgIpc) is 2.13. The summed E-state index contributed by atoms with van der Waals surface area (Å²) in [7, 11) is 0. The van der Waals surface area contributed by atoms with E-state index in [0.717, 1.165) is 0 Å². The minimum atomic E-state index is 0.0717. The number of halogens is 2. The first-order valence-electron chi connectivity index (χ1n) is 3.92. The van der Waals surface area contributed by atoms with Crippen molar-refractivity contribution < 1.29 is 5.11 Å². The summed E-state index contributed by atoms with van der Waals surface area (Å²) in [6.07, 6.45) is 0. The second-order valence-electron chi connectivity index (χ2n) is 2.83. The summed E-state index contributed by atoms with van der Waals surface area (Å²) in [6, 6.07) is 3.18. The average molecular weight is 233 g/mol. The highest BCUT2D eigenvalue weighted by molar-refractivity contribution is 6.31. The number of aliphatic imine (C=N–C) groups is 1. The fourth-order valence-corrected chi connectivity index (χ4v) is 1.31. The first-order valence-corrected chi connectivity index (χ1v) is 4.84. The van der Waals surface area contributed by atoms with E-state index >= 15 is 0 Å². The number of amidine groups is 1. The standard InChI is InChI=1S/C9H10Cl2N2O/c1-5-2-6(11)3-7(9(5)14)13-8(12)4-10/h2-3,14H,4H2,1H3,(H2,12,13). The molecule has 5 heteroatoms. The Morgan fingerprint density at radius 3 is 2.79 bits per heavy atom. The molecule has 0 radical (unpaired) electrons. The van der Waals surface area contributed by atoms with Crippen molar-refractivity contribution in [3.63, 3.8) is 0 Å². The Hall–Kier alpha value is -0.930. The van der Waals surface area contributed by atoms with Gasteiger partial charge >= 0.3 is 0 Å².